The zero-order valence-corrected chi connectivity index (χ0v) is 10.1. The predicted octanol–water partition coefficient (Wildman–Crippen LogP) is 2.39. The maximum atomic E-state index is 13.9. The first-order valence-electron chi connectivity index (χ1n) is 6.24. The average molecular weight is 246 g/mol. The molecule has 1 aliphatic heterocycles. The Bertz CT molecular complexity index is 556. The number of nitrogens with zero attached hydrogens (tertiary/aromatic N) is 3. The number of hydrogen-bond donors (Lipinski definition) is 1. The number of nitrogens with two attached hydrogens (primary N) is 1. The van der Waals surface area contributed by atoms with Gasteiger partial charge in [-0.05, 0) is 25.0 Å². The van der Waals surface area contributed by atoms with Crippen molar-refractivity contribution in [3.63, 3.8) is 0 Å². The molecule has 1 aromatic carbocycles. The summed E-state index contributed by atoms with van der Waals surface area (Å²) in [7, 11) is 0. The van der Waals surface area contributed by atoms with E-state index in [1.165, 1.54) is 12.5 Å². The fourth-order valence-electron chi connectivity index (χ4n) is 2.45. The molecule has 0 atom stereocenters. The van der Waals surface area contributed by atoms with Crippen LogP contribution in [-0.2, 0) is 13.0 Å². The first-order valence-corrected chi connectivity index (χ1v) is 6.24. The minimum Gasteiger partial charge on any atom is -0.398 e. The first kappa shape index (κ1) is 11.2. The predicted molar refractivity (Wildman–Crippen MR) is 67.4 cm³/mol. The molecule has 4 nitrogen and oxygen atoms in total. The van der Waals surface area contributed by atoms with Crippen LogP contribution in [0.1, 0.15) is 25.1 Å². The third-order valence-corrected chi connectivity index (χ3v) is 3.38. The molecule has 0 saturated heterocycles. The van der Waals surface area contributed by atoms with E-state index < -0.39 is 0 Å². The Hall–Kier alpha value is -1.91. The van der Waals surface area contributed by atoms with Crippen molar-refractivity contribution in [3.8, 4) is 11.4 Å². The summed E-state index contributed by atoms with van der Waals surface area (Å²) in [6, 6.07) is 4.70. The van der Waals surface area contributed by atoms with E-state index in [1.807, 2.05) is 4.57 Å². The normalized spacial score (nSPS) is 15.2. The maximum absolute atomic E-state index is 13.9. The molecule has 1 aliphatic rings. The van der Waals surface area contributed by atoms with Crippen LogP contribution in [0.5, 0.6) is 0 Å². The largest absolute Gasteiger partial charge is 0.398 e. The summed E-state index contributed by atoms with van der Waals surface area (Å²) in [6.45, 7) is 0.839. The molecule has 0 saturated carbocycles. The Kier molecular flexibility index (Phi) is 2.74. The van der Waals surface area contributed by atoms with Gasteiger partial charge in [0.05, 0.1) is 5.56 Å². The summed E-state index contributed by atoms with van der Waals surface area (Å²) in [5.41, 5.74) is 6.65. The molecule has 0 fully saturated rings. The van der Waals surface area contributed by atoms with E-state index >= 15 is 0 Å². The van der Waals surface area contributed by atoms with Gasteiger partial charge in [0.1, 0.15) is 11.6 Å². The molecule has 2 N–H and O–H groups in total. The minimum atomic E-state index is -0.338. The highest BCUT2D eigenvalue weighted by Gasteiger charge is 2.20. The fraction of sp³-hybridized carbons (Fsp3) is 0.385. The SMILES string of the molecule is Nc1cccc(F)c1-c1nnc2n1CCCCC2. The quantitative estimate of drug-likeness (QED) is 0.786. The van der Waals surface area contributed by atoms with Gasteiger partial charge in [-0.1, -0.05) is 12.5 Å². The summed E-state index contributed by atoms with van der Waals surface area (Å²) >= 11 is 0. The molecule has 0 unspecified atom stereocenters. The van der Waals surface area contributed by atoms with E-state index in [0.29, 0.717) is 17.1 Å². The topological polar surface area (TPSA) is 56.7 Å². The van der Waals surface area contributed by atoms with Crippen molar-refractivity contribution < 1.29 is 4.39 Å². The van der Waals surface area contributed by atoms with Gasteiger partial charge in [-0.15, -0.1) is 10.2 Å². The van der Waals surface area contributed by atoms with E-state index in [0.717, 1.165) is 31.6 Å². The lowest BCUT2D eigenvalue weighted by molar-refractivity contribution is 0.617. The number of benzene rings is 1. The zero-order chi connectivity index (χ0) is 12.5. The highest BCUT2D eigenvalue weighted by atomic mass is 19.1. The standard InChI is InChI=1S/C13H15FN4/c14-9-5-4-6-10(15)12(9)13-17-16-11-7-2-1-3-8-18(11)13/h4-6H,1-3,7-8,15H2. The van der Waals surface area contributed by atoms with Gasteiger partial charge in [0.2, 0.25) is 0 Å². The summed E-state index contributed by atoms with van der Waals surface area (Å²) in [5, 5.41) is 8.29. The van der Waals surface area contributed by atoms with Gasteiger partial charge in [0.15, 0.2) is 5.82 Å². The molecule has 0 aliphatic carbocycles. The smallest absolute Gasteiger partial charge is 0.169 e. The van der Waals surface area contributed by atoms with Crippen LogP contribution in [0.2, 0.25) is 0 Å². The van der Waals surface area contributed by atoms with Gasteiger partial charge in [-0.3, -0.25) is 0 Å². The Morgan fingerprint density at radius 3 is 2.89 bits per heavy atom. The third-order valence-electron chi connectivity index (χ3n) is 3.38. The Labute approximate surface area is 105 Å². The molecule has 0 amide bonds. The van der Waals surface area contributed by atoms with E-state index in [2.05, 4.69) is 10.2 Å². The van der Waals surface area contributed by atoms with Gasteiger partial charge in [-0.2, -0.15) is 0 Å². The van der Waals surface area contributed by atoms with Crippen LogP contribution >= 0.6 is 0 Å². The van der Waals surface area contributed by atoms with Crippen molar-refractivity contribution in [2.24, 2.45) is 0 Å². The van der Waals surface area contributed by atoms with Crippen molar-refractivity contribution in [2.75, 3.05) is 5.73 Å². The second-order valence-electron chi connectivity index (χ2n) is 4.61. The third kappa shape index (κ3) is 1.75. The number of aryl methyl sites for hydroxylation is 1. The van der Waals surface area contributed by atoms with E-state index in [9.17, 15) is 4.39 Å². The second-order valence-corrected chi connectivity index (χ2v) is 4.61. The molecule has 1 aromatic heterocycles. The number of hydrogen-bond acceptors (Lipinski definition) is 3. The first-order chi connectivity index (χ1) is 8.77. The van der Waals surface area contributed by atoms with Gasteiger partial charge < -0.3 is 10.3 Å². The van der Waals surface area contributed by atoms with Gasteiger partial charge in [0, 0.05) is 18.7 Å². The molecule has 5 heteroatoms. The Morgan fingerprint density at radius 2 is 2.06 bits per heavy atom. The van der Waals surface area contributed by atoms with Crippen molar-refractivity contribution in [2.45, 2.75) is 32.2 Å². The Morgan fingerprint density at radius 1 is 1.17 bits per heavy atom. The van der Waals surface area contributed by atoms with Crippen LogP contribution in [0.4, 0.5) is 10.1 Å². The lowest BCUT2D eigenvalue weighted by atomic mass is 10.1. The van der Waals surface area contributed by atoms with Crippen LogP contribution in [0.25, 0.3) is 11.4 Å². The van der Waals surface area contributed by atoms with Crippen molar-refractivity contribution in [1.29, 1.82) is 0 Å². The van der Waals surface area contributed by atoms with Gasteiger partial charge in [-0.25, -0.2) is 4.39 Å². The molecule has 2 aromatic rings. The van der Waals surface area contributed by atoms with Crippen LogP contribution in [0, 0.1) is 5.82 Å². The van der Waals surface area contributed by atoms with Crippen molar-refractivity contribution >= 4 is 5.69 Å². The molecule has 18 heavy (non-hydrogen) atoms. The lowest BCUT2D eigenvalue weighted by Crippen LogP contribution is -2.05. The zero-order valence-electron chi connectivity index (χ0n) is 10.1. The number of fused-ring (bicyclic) bond motifs is 1. The monoisotopic (exact) mass is 246 g/mol. The van der Waals surface area contributed by atoms with Crippen molar-refractivity contribution in [3.05, 3.63) is 29.8 Å². The number of rotatable bonds is 1. The number of anilines is 1. The summed E-state index contributed by atoms with van der Waals surface area (Å²) in [5.74, 6) is 1.15. The maximum Gasteiger partial charge on any atom is 0.169 e. The summed E-state index contributed by atoms with van der Waals surface area (Å²) in [6.07, 6.45) is 4.27. The lowest BCUT2D eigenvalue weighted by Gasteiger charge is -2.09. The molecule has 2 heterocycles. The average Bonchev–Trinajstić information content (AvgIpc) is 2.59. The molecule has 94 valence electrons. The molecular weight excluding hydrogens is 231 g/mol. The van der Waals surface area contributed by atoms with Crippen LogP contribution in [0.15, 0.2) is 18.2 Å². The molecule has 0 bridgehead atoms. The van der Waals surface area contributed by atoms with E-state index in [1.54, 1.807) is 12.1 Å². The van der Waals surface area contributed by atoms with Gasteiger partial charge >= 0.3 is 0 Å². The highest BCUT2D eigenvalue weighted by molar-refractivity contribution is 5.72. The second kappa shape index (κ2) is 4.40. The fourth-order valence-corrected chi connectivity index (χ4v) is 2.45. The Balaban J connectivity index is 2.15. The van der Waals surface area contributed by atoms with Crippen LogP contribution < -0.4 is 5.73 Å². The summed E-state index contributed by atoms with van der Waals surface area (Å²) in [4.78, 5) is 0. The number of nitrogen functional groups attached to an aromatic ring is 1. The van der Waals surface area contributed by atoms with Gasteiger partial charge in [0.25, 0.3) is 0 Å². The van der Waals surface area contributed by atoms with Crippen molar-refractivity contribution in [1.82, 2.24) is 14.8 Å². The molecule has 0 radical (unpaired) electrons. The van der Waals surface area contributed by atoms with E-state index in [4.69, 9.17) is 5.73 Å². The minimum absolute atomic E-state index is 0.338. The van der Waals surface area contributed by atoms with Crippen LogP contribution in [-0.4, -0.2) is 14.8 Å². The van der Waals surface area contributed by atoms with Crippen LogP contribution in [0.3, 0.4) is 0 Å². The molecule has 3 rings (SSSR count). The number of halogens is 1. The molecule has 0 spiro atoms. The summed E-state index contributed by atoms with van der Waals surface area (Å²) < 4.78 is 15.9. The molecular formula is C13H15FN4. The number of aromatic nitrogens is 3. The highest BCUT2D eigenvalue weighted by Crippen LogP contribution is 2.29. The van der Waals surface area contributed by atoms with E-state index in [-0.39, 0.29) is 5.82 Å².